The maximum Gasteiger partial charge on any atom is 0.221 e. The van der Waals surface area contributed by atoms with Crippen LogP contribution in [0, 0.1) is 0 Å². The van der Waals surface area contributed by atoms with Crippen molar-refractivity contribution in [2.45, 2.75) is 12.1 Å². The number of benzene rings is 2. The third-order valence-electron chi connectivity index (χ3n) is 3.47. The highest BCUT2D eigenvalue weighted by Crippen LogP contribution is 2.32. The highest BCUT2D eigenvalue weighted by molar-refractivity contribution is 6.39. The first kappa shape index (κ1) is 13.1. The average molecular weight is 283 g/mol. The average Bonchev–Trinajstić information content (AvgIpc) is 2.53. The summed E-state index contributed by atoms with van der Waals surface area (Å²) in [7, 11) is -0.951. The van der Waals surface area contributed by atoms with Crippen LogP contribution in [0.25, 0.3) is 10.8 Å². The second-order valence-corrected chi connectivity index (χ2v) is 6.48. The van der Waals surface area contributed by atoms with E-state index in [-0.39, 0.29) is 0 Å². The number of hydrogen-bond acceptors (Lipinski definition) is 3. The topological polar surface area (TPSA) is 30.8 Å². The van der Waals surface area contributed by atoms with E-state index >= 15 is 0 Å². The molecule has 3 rings (SSSR count). The van der Waals surface area contributed by atoms with Gasteiger partial charge >= 0.3 is 0 Å². The van der Waals surface area contributed by atoms with Crippen molar-refractivity contribution in [3.8, 4) is 0 Å². The molecule has 0 radical (unpaired) electrons. The Morgan fingerprint density at radius 2 is 2.05 bits per heavy atom. The summed E-state index contributed by atoms with van der Waals surface area (Å²) >= 11 is 0. The summed E-state index contributed by atoms with van der Waals surface area (Å²) in [5, 5.41) is 1.90. The largest absolute Gasteiger partial charge is 0.485 e. The van der Waals surface area contributed by atoms with Crippen molar-refractivity contribution in [2.24, 2.45) is 4.99 Å². The van der Waals surface area contributed by atoms with Crippen LogP contribution in [0.1, 0.15) is 12.5 Å². The molecule has 0 aromatic heterocycles. The van der Waals surface area contributed by atoms with Crippen molar-refractivity contribution in [3.05, 3.63) is 60.5 Å². The minimum Gasteiger partial charge on any atom is -0.485 e. The molecule has 1 aliphatic heterocycles. The lowest BCUT2D eigenvalue weighted by Crippen LogP contribution is -2.39. The molecule has 0 amide bonds. The van der Waals surface area contributed by atoms with Crippen LogP contribution < -0.4 is 0 Å². The van der Waals surface area contributed by atoms with E-state index in [1.165, 1.54) is 10.8 Å². The summed E-state index contributed by atoms with van der Waals surface area (Å²) in [5.74, 6) is 0. The van der Waals surface area contributed by atoms with Crippen LogP contribution in [-0.2, 0) is 14.4 Å². The van der Waals surface area contributed by atoms with Gasteiger partial charge in [-0.2, -0.15) is 0 Å². The van der Waals surface area contributed by atoms with Crippen molar-refractivity contribution < 1.29 is 9.16 Å². The summed E-state index contributed by atoms with van der Waals surface area (Å²) in [6, 6.07) is 14.6. The second kappa shape index (κ2) is 5.61. The Bertz CT molecular complexity index is 663. The third kappa shape index (κ3) is 2.28. The molecule has 0 saturated heterocycles. The summed E-state index contributed by atoms with van der Waals surface area (Å²) in [5.41, 5.74) is 1.14. The minimum atomic E-state index is -0.951. The molecule has 0 aliphatic carbocycles. The van der Waals surface area contributed by atoms with E-state index in [2.05, 4.69) is 47.5 Å². The monoisotopic (exact) mass is 283 g/mol. The molecule has 2 aromatic rings. The van der Waals surface area contributed by atoms with E-state index in [4.69, 9.17) is 9.16 Å². The van der Waals surface area contributed by atoms with Crippen LogP contribution in [0.15, 0.2) is 59.9 Å². The standard InChI is InChI=1S/C16H17NO2Si/c1-2-19-20-16(12-17-10-11-18-16)15-9-5-7-13-6-3-4-8-14(13)15/h3-12H,2,20H2,1H3. The van der Waals surface area contributed by atoms with Crippen molar-refractivity contribution in [3.63, 3.8) is 0 Å². The van der Waals surface area contributed by atoms with Crippen molar-refractivity contribution in [1.29, 1.82) is 0 Å². The fourth-order valence-electron chi connectivity index (χ4n) is 2.51. The fourth-order valence-corrected chi connectivity index (χ4v) is 3.83. The second-order valence-electron chi connectivity index (χ2n) is 4.73. The third-order valence-corrected chi connectivity index (χ3v) is 5.25. The van der Waals surface area contributed by atoms with E-state index in [1.807, 2.05) is 13.1 Å². The minimum absolute atomic E-state index is 0.508. The van der Waals surface area contributed by atoms with Gasteiger partial charge in [-0.15, -0.1) is 0 Å². The van der Waals surface area contributed by atoms with Gasteiger partial charge in [0.2, 0.25) is 9.76 Å². The molecule has 2 aromatic carbocycles. The van der Waals surface area contributed by atoms with Crippen molar-refractivity contribution in [1.82, 2.24) is 0 Å². The molecular formula is C16H17NO2Si. The molecule has 1 heterocycles. The highest BCUT2D eigenvalue weighted by atomic mass is 28.2. The molecule has 0 saturated carbocycles. The predicted molar refractivity (Wildman–Crippen MR) is 84.5 cm³/mol. The SMILES string of the molecule is CCO[SiH2]C1(c2cccc3ccccc23)C=NC=CO1. The molecule has 0 spiro atoms. The van der Waals surface area contributed by atoms with Gasteiger partial charge in [0.15, 0.2) is 5.22 Å². The summed E-state index contributed by atoms with van der Waals surface area (Å²) in [6.45, 7) is 2.72. The zero-order valence-electron chi connectivity index (χ0n) is 11.5. The Hall–Kier alpha value is -1.91. The Kier molecular flexibility index (Phi) is 3.67. The molecule has 20 heavy (non-hydrogen) atoms. The Morgan fingerprint density at radius 1 is 1.20 bits per heavy atom. The van der Waals surface area contributed by atoms with Gasteiger partial charge in [0.1, 0.15) is 6.26 Å². The van der Waals surface area contributed by atoms with Crippen LogP contribution in [0.2, 0.25) is 0 Å². The van der Waals surface area contributed by atoms with Crippen LogP contribution in [0.5, 0.6) is 0 Å². The van der Waals surface area contributed by atoms with Gasteiger partial charge in [-0.05, 0) is 17.7 Å². The number of nitrogens with zero attached hydrogens (tertiary/aromatic N) is 1. The number of hydrogen-bond donors (Lipinski definition) is 0. The first-order valence-electron chi connectivity index (χ1n) is 6.79. The Balaban J connectivity index is 2.14. The molecule has 0 fully saturated rings. The molecule has 4 heteroatoms. The van der Waals surface area contributed by atoms with E-state index in [0.717, 1.165) is 5.56 Å². The normalized spacial score (nSPS) is 21.6. The number of fused-ring (bicyclic) bond motifs is 1. The van der Waals surface area contributed by atoms with Gasteiger partial charge in [0.25, 0.3) is 0 Å². The van der Waals surface area contributed by atoms with Gasteiger partial charge < -0.3 is 9.16 Å². The lowest BCUT2D eigenvalue weighted by Gasteiger charge is -2.31. The van der Waals surface area contributed by atoms with Gasteiger partial charge in [-0.3, -0.25) is 4.99 Å². The van der Waals surface area contributed by atoms with Gasteiger partial charge in [-0.25, -0.2) is 0 Å². The highest BCUT2D eigenvalue weighted by Gasteiger charge is 2.35. The molecule has 0 N–H and O–H groups in total. The van der Waals surface area contributed by atoms with Crippen LogP contribution in [0.3, 0.4) is 0 Å². The summed E-state index contributed by atoms with van der Waals surface area (Å²) < 4.78 is 11.7. The summed E-state index contributed by atoms with van der Waals surface area (Å²) in [6.07, 6.45) is 5.22. The Morgan fingerprint density at radius 3 is 2.85 bits per heavy atom. The summed E-state index contributed by atoms with van der Waals surface area (Å²) in [4.78, 5) is 4.29. The fraction of sp³-hybridized carbons (Fsp3) is 0.188. The van der Waals surface area contributed by atoms with E-state index < -0.39 is 15.0 Å². The lowest BCUT2D eigenvalue weighted by molar-refractivity contribution is 0.142. The molecule has 3 nitrogen and oxygen atoms in total. The zero-order chi connectivity index (χ0) is 13.8. The van der Waals surface area contributed by atoms with E-state index in [0.29, 0.717) is 6.61 Å². The maximum absolute atomic E-state index is 5.97. The smallest absolute Gasteiger partial charge is 0.221 e. The van der Waals surface area contributed by atoms with Crippen LogP contribution in [0.4, 0.5) is 0 Å². The van der Waals surface area contributed by atoms with Gasteiger partial charge in [0.05, 0.1) is 12.4 Å². The number of aliphatic imine (C=N–C) groups is 1. The van der Waals surface area contributed by atoms with Crippen molar-refractivity contribution in [2.75, 3.05) is 6.61 Å². The molecule has 0 bridgehead atoms. The number of ether oxygens (including phenoxy) is 1. The van der Waals surface area contributed by atoms with E-state index in [9.17, 15) is 0 Å². The molecule has 102 valence electrons. The first-order valence-corrected chi connectivity index (χ1v) is 8.07. The van der Waals surface area contributed by atoms with Gasteiger partial charge in [-0.1, -0.05) is 42.5 Å². The first-order chi connectivity index (χ1) is 9.86. The zero-order valence-corrected chi connectivity index (χ0v) is 12.9. The van der Waals surface area contributed by atoms with Crippen LogP contribution in [-0.4, -0.2) is 22.6 Å². The van der Waals surface area contributed by atoms with E-state index in [1.54, 1.807) is 12.5 Å². The van der Waals surface area contributed by atoms with Crippen LogP contribution >= 0.6 is 0 Å². The number of rotatable bonds is 4. The van der Waals surface area contributed by atoms with Gasteiger partial charge in [0, 0.05) is 12.2 Å². The molecule has 1 atom stereocenters. The van der Waals surface area contributed by atoms with Crippen molar-refractivity contribution >= 4 is 26.8 Å². The molecular weight excluding hydrogens is 266 g/mol. The quantitative estimate of drug-likeness (QED) is 0.808. The maximum atomic E-state index is 5.97. The molecule has 1 unspecified atom stereocenters. The molecule has 1 aliphatic rings. The lowest BCUT2D eigenvalue weighted by atomic mass is 10.00. The predicted octanol–water partition coefficient (Wildman–Crippen LogP) is 2.69. The Labute approximate surface area is 120 Å².